The van der Waals surface area contributed by atoms with E-state index in [9.17, 15) is 24.3 Å². The Morgan fingerprint density at radius 2 is 1.52 bits per heavy atom. The van der Waals surface area contributed by atoms with Gasteiger partial charge in [-0.3, -0.25) is 9.59 Å². The number of rotatable bonds is 12. The van der Waals surface area contributed by atoms with E-state index in [1.165, 1.54) is 0 Å². The van der Waals surface area contributed by atoms with Crippen LogP contribution in [0.15, 0.2) is 36.4 Å². The molecule has 4 heterocycles. The van der Waals surface area contributed by atoms with Crippen molar-refractivity contribution in [2.24, 2.45) is 5.92 Å². The minimum Gasteiger partial charge on any atom is -0.507 e. The molecule has 2 N–H and O–H groups in total. The number of carbonyl (C=O) groups is 4. The zero-order chi connectivity index (χ0) is 38.9. The number of ether oxygens (including phenoxy) is 2. The number of urea groups is 1. The normalized spacial score (nSPS) is 19.3. The van der Waals surface area contributed by atoms with Gasteiger partial charge in [0.1, 0.15) is 5.75 Å². The molecule has 2 aromatic carbocycles. The first-order valence-electron chi connectivity index (χ1n) is 20.7. The van der Waals surface area contributed by atoms with Gasteiger partial charge in [-0.05, 0) is 119 Å². The highest BCUT2D eigenvalue weighted by Crippen LogP contribution is 2.29. The van der Waals surface area contributed by atoms with Crippen molar-refractivity contribution < 1.29 is 33.8 Å². The molecule has 1 atom stereocenters. The zero-order valence-corrected chi connectivity index (χ0v) is 33.1. The number of benzene rings is 2. The maximum absolute atomic E-state index is 14.2. The third-order valence-electron chi connectivity index (χ3n) is 12.3. The number of anilines is 1. The first kappa shape index (κ1) is 42.8. The van der Waals surface area contributed by atoms with Gasteiger partial charge >= 0.3 is 18.1 Å². The molecule has 4 aliphatic heterocycles. The monoisotopic (exact) mass is 775 g/mol. The van der Waals surface area contributed by atoms with Crippen LogP contribution in [0.3, 0.4) is 0 Å². The van der Waals surface area contributed by atoms with Crippen molar-refractivity contribution in [3.8, 4) is 5.75 Å². The fourth-order valence-electron chi connectivity index (χ4n) is 8.84. The van der Waals surface area contributed by atoms with Crippen LogP contribution in [-0.2, 0) is 31.9 Å². The lowest BCUT2D eigenvalue weighted by Gasteiger charge is -2.42. The summed E-state index contributed by atoms with van der Waals surface area (Å²) in [6.45, 7) is 11.0. The van der Waals surface area contributed by atoms with E-state index in [0.29, 0.717) is 81.7 Å². The molecule has 3 fully saturated rings. The van der Waals surface area contributed by atoms with Gasteiger partial charge in [-0.2, -0.15) is 0 Å². The van der Waals surface area contributed by atoms with Crippen molar-refractivity contribution in [1.29, 1.82) is 0 Å². The SMILES string of the molecule is C.CCCCOC(=O)CCC1CCN(C2CCN(C(=O)[C@@H](Cc3cc(C)c(O)c(C)c3)OC(=O)N3CCC(N4CCc5ccccc5NC4=O)CC3)CC2)CC1. The van der Waals surface area contributed by atoms with Crippen molar-refractivity contribution in [3.05, 3.63) is 58.7 Å². The molecule has 0 unspecified atom stereocenters. The summed E-state index contributed by atoms with van der Waals surface area (Å²) < 4.78 is 11.4. The minimum atomic E-state index is -0.996. The van der Waals surface area contributed by atoms with Crippen LogP contribution >= 0.6 is 0 Å². The largest absolute Gasteiger partial charge is 0.507 e. The van der Waals surface area contributed by atoms with Crippen LogP contribution in [0.25, 0.3) is 0 Å². The third-order valence-corrected chi connectivity index (χ3v) is 12.3. The molecule has 0 bridgehead atoms. The first-order chi connectivity index (χ1) is 26.6. The average Bonchev–Trinajstić information content (AvgIpc) is 3.37. The van der Waals surface area contributed by atoms with E-state index < -0.39 is 12.2 Å². The number of nitrogens with zero attached hydrogens (tertiary/aromatic N) is 4. The van der Waals surface area contributed by atoms with Crippen molar-refractivity contribution in [3.63, 3.8) is 0 Å². The molecular weight excluding hydrogens is 711 g/mol. The molecule has 308 valence electrons. The van der Waals surface area contributed by atoms with Crippen LogP contribution in [0, 0.1) is 19.8 Å². The van der Waals surface area contributed by atoms with E-state index in [1.807, 2.05) is 60.0 Å². The molecule has 0 radical (unpaired) electrons. The maximum Gasteiger partial charge on any atom is 0.410 e. The van der Waals surface area contributed by atoms with Gasteiger partial charge in [0.25, 0.3) is 5.91 Å². The van der Waals surface area contributed by atoms with Crippen molar-refractivity contribution in [2.45, 2.75) is 123 Å². The summed E-state index contributed by atoms with van der Waals surface area (Å²) in [7, 11) is 0. The number of fused-ring (bicyclic) bond motifs is 1. The first-order valence-corrected chi connectivity index (χ1v) is 20.7. The number of aromatic hydroxyl groups is 1. The summed E-state index contributed by atoms with van der Waals surface area (Å²) in [5.41, 5.74) is 4.23. The Hall–Kier alpha value is -4.32. The second-order valence-corrected chi connectivity index (χ2v) is 16.1. The molecular formula is C44H65N5O7. The third kappa shape index (κ3) is 11.0. The van der Waals surface area contributed by atoms with E-state index >= 15 is 0 Å². The zero-order valence-electron chi connectivity index (χ0n) is 33.1. The lowest BCUT2D eigenvalue weighted by atomic mass is 9.90. The Balaban J connectivity index is 0.00000600. The average molecular weight is 776 g/mol. The number of piperidine rings is 3. The van der Waals surface area contributed by atoms with E-state index in [-0.39, 0.29) is 43.5 Å². The lowest BCUT2D eigenvalue weighted by molar-refractivity contribution is -0.144. The summed E-state index contributed by atoms with van der Waals surface area (Å²) in [6.07, 6.45) is 7.92. The molecule has 0 aliphatic carbocycles. The number of unbranched alkanes of at least 4 members (excludes halogenated alkanes) is 1. The quantitative estimate of drug-likeness (QED) is 0.173. The van der Waals surface area contributed by atoms with Crippen molar-refractivity contribution in [1.82, 2.24) is 19.6 Å². The molecule has 0 spiro atoms. The summed E-state index contributed by atoms with van der Waals surface area (Å²) in [5.74, 6) is 0.499. The molecule has 3 saturated heterocycles. The lowest BCUT2D eigenvalue weighted by Crippen LogP contribution is -2.53. The topological polar surface area (TPSA) is 132 Å². The minimum absolute atomic E-state index is 0. The fraction of sp³-hybridized carbons (Fsp3) is 0.636. The fourth-order valence-corrected chi connectivity index (χ4v) is 8.84. The van der Waals surface area contributed by atoms with Crippen LogP contribution in [0.1, 0.15) is 101 Å². The maximum atomic E-state index is 14.2. The molecule has 4 aliphatic rings. The van der Waals surface area contributed by atoms with Crippen LogP contribution < -0.4 is 5.32 Å². The summed E-state index contributed by atoms with van der Waals surface area (Å²) >= 11 is 0. The Bertz CT molecular complexity index is 1620. The summed E-state index contributed by atoms with van der Waals surface area (Å²) in [6, 6.07) is 11.9. The number of carbonyl (C=O) groups excluding carboxylic acids is 4. The molecule has 2 aromatic rings. The van der Waals surface area contributed by atoms with Crippen LogP contribution in [0.2, 0.25) is 0 Å². The van der Waals surface area contributed by atoms with Gasteiger partial charge in [-0.15, -0.1) is 0 Å². The molecule has 12 nitrogen and oxygen atoms in total. The highest BCUT2D eigenvalue weighted by molar-refractivity contribution is 5.91. The predicted octanol–water partition coefficient (Wildman–Crippen LogP) is 7.07. The summed E-state index contributed by atoms with van der Waals surface area (Å²) in [5, 5.41) is 13.5. The smallest absolute Gasteiger partial charge is 0.410 e. The van der Waals surface area contributed by atoms with E-state index in [2.05, 4.69) is 17.1 Å². The van der Waals surface area contributed by atoms with Gasteiger partial charge in [-0.1, -0.05) is 51.1 Å². The molecule has 6 rings (SSSR count). The number of aryl methyl sites for hydroxylation is 2. The second-order valence-electron chi connectivity index (χ2n) is 16.1. The molecule has 12 heteroatoms. The van der Waals surface area contributed by atoms with E-state index in [4.69, 9.17) is 9.47 Å². The predicted molar refractivity (Wildman–Crippen MR) is 218 cm³/mol. The number of hydrogen-bond donors (Lipinski definition) is 2. The van der Waals surface area contributed by atoms with Crippen molar-refractivity contribution >= 4 is 29.7 Å². The van der Waals surface area contributed by atoms with Gasteiger partial charge in [-0.25, -0.2) is 9.59 Å². The number of esters is 1. The highest BCUT2D eigenvalue weighted by atomic mass is 16.6. The van der Waals surface area contributed by atoms with Crippen LogP contribution in [0.4, 0.5) is 15.3 Å². The van der Waals surface area contributed by atoms with Gasteiger partial charge in [0.2, 0.25) is 0 Å². The van der Waals surface area contributed by atoms with Gasteiger partial charge in [0.15, 0.2) is 6.10 Å². The van der Waals surface area contributed by atoms with Crippen LogP contribution in [-0.4, -0.2) is 119 Å². The Morgan fingerprint density at radius 3 is 2.20 bits per heavy atom. The highest BCUT2D eigenvalue weighted by Gasteiger charge is 2.37. The number of phenols is 1. The number of hydrogen-bond acceptors (Lipinski definition) is 8. The molecule has 0 aromatic heterocycles. The number of phenolic OH excluding ortho intramolecular Hbond substituents is 1. The van der Waals surface area contributed by atoms with Crippen molar-refractivity contribution in [2.75, 3.05) is 57.7 Å². The van der Waals surface area contributed by atoms with Crippen LogP contribution in [0.5, 0.6) is 5.75 Å². The van der Waals surface area contributed by atoms with Gasteiger partial charge in [0, 0.05) is 63.3 Å². The van der Waals surface area contributed by atoms with Gasteiger partial charge in [0.05, 0.1) is 6.61 Å². The standard InChI is InChI=1S/C43H61N5O7.CH4/c1-4-5-26-54-39(49)11-10-32-12-19-45(20-13-32)35-15-21-46(22-16-35)41(51)38(29-33-27-30(2)40(50)31(3)28-33)55-43(53)47-23-17-36(18-24-47)48-25-14-34-8-6-7-9-37(34)44-42(48)52;/h6-9,27-28,32,35-36,38,50H,4-5,10-26,29H2,1-3H3,(H,44,52);1H4/t38-;/m1./s1. The Kier molecular flexibility index (Phi) is 15.4. The van der Waals surface area contributed by atoms with Gasteiger partial charge < -0.3 is 39.5 Å². The molecule has 4 amide bonds. The number of amides is 4. The van der Waals surface area contributed by atoms with E-state index in [0.717, 1.165) is 81.3 Å². The molecule has 56 heavy (non-hydrogen) atoms. The Morgan fingerprint density at radius 1 is 0.875 bits per heavy atom. The summed E-state index contributed by atoms with van der Waals surface area (Å²) in [4.78, 5) is 61.1. The van der Waals surface area contributed by atoms with E-state index in [1.54, 1.807) is 4.90 Å². The number of para-hydroxylation sites is 1. The number of likely N-dealkylation sites (tertiary alicyclic amines) is 3. The molecule has 0 saturated carbocycles. The Labute approximate surface area is 333 Å². The second kappa shape index (κ2) is 20.2. The number of nitrogens with one attached hydrogen (secondary N) is 1.